The van der Waals surface area contributed by atoms with Gasteiger partial charge in [0.05, 0.1) is 19.3 Å². The molecule has 0 spiro atoms. The van der Waals surface area contributed by atoms with Crippen LogP contribution in [0.2, 0.25) is 5.02 Å². The van der Waals surface area contributed by atoms with Crippen LogP contribution < -0.4 is 10.1 Å². The Labute approximate surface area is 207 Å². The number of halogens is 1. The minimum Gasteiger partial charge on any atom is -0.495 e. The average Bonchev–Trinajstić information content (AvgIpc) is 3.09. The molecule has 1 aromatic heterocycles. The van der Waals surface area contributed by atoms with Gasteiger partial charge in [0.2, 0.25) is 0 Å². The summed E-state index contributed by atoms with van der Waals surface area (Å²) >= 11 is 12.3. The topological polar surface area (TPSA) is 40.3 Å². The number of aromatic nitrogens is 1. The molecule has 3 aromatic rings. The van der Waals surface area contributed by atoms with E-state index in [4.69, 9.17) is 28.6 Å². The molecule has 0 atom stereocenters. The maximum Gasteiger partial charge on any atom is 0.174 e. The van der Waals surface area contributed by atoms with Gasteiger partial charge in [-0.25, -0.2) is 0 Å². The SMILES string of the molecule is COc1ccccc1NC(=S)N(Cc1ccc(Cc2ccccc2Cl)[nH]1)C1CCCCCC1. The molecule has 0 bridgehead atoms. The number of para-hydroxylation sites is 2. The second kappa shape index (κ2) is 11.6. The van der Waals surface area contributed by atoms with Crippen molar-refractivity contribution in [1.29, 1.82) is 0 Å². The molecule has 1 heterocycles. The van der Waals surface area contributed by atoms with E-state index in [2.05, 4.69) is 33.4 Å². The highest BCUT2D eigenvalue weighted by molar-refractivity contribution is 7.80. The number of methoxy groups -OCH3 is 1. The fourth-order valence-electron chi connectivity index (χ4n) is 4.59. The molecule has 0 amide bonds. The molecular formula is C27H32ClN3OS. The Hall–Kier alpha value is -2.50. The number of nitrogens with zero attached hydrogens (tertiary/aromatic N) is 1. The minimum absolute atomic E-state index is 0.428. The summed E-state index contributed by atoms with van der Waals surface area (Å²) in [4.78, 5) is 5.96. The van der Waals surface area contributed by atoms with Gasteiger partial charge in [-0.15, -0.1) is 0 Å². The number of benzene rings is 2. The smallest absolute Gasteiger partial charge is 0.174 e. The molecule has 33 heavy (non-hydrogen) atoms. The van der Waals surface area contributed by atoms with E-state index in [0.29, 0.717) is 6.04 Å². The monoisotopic (exact) mass is 481 g/mol. The van der Waals surface area contributed by atoms with Crippen LogP contribution in [0.1, 0.15) is 55.5 Å². The number of ether oxygens (including phenoxy) is 1. The number of rotatable bonds is 7. The number of anilines is 1. The first-order valence-corrected chi connectivity index (χ1v) is 12.5. The molecule has 1 fully saturated rings. The van der Waals surface area contributed by atoms with E-state index < -0.39 is 0 Å². The molecule has 0 aliphatic heterocycles. The Bertz CT molecular complexity index is 1060. The summed E-state index contributed by atoms with van der Waals surface area (Å²) in [5.74, 6) is 0.794. The van der Waals surface area contributed by atoms with Gasteiger partial charge in [0.25, 0.3) is 0 Å². The predicted octanol–water partition coefficient (Wildman–Crippen LogP) is 7.19. The van der Waals surface area contributed by atoms with Crippen molar-refractivity contribution in [1.82, 2.24) is 9.88 Å². The van der Waals surface area contributed by atoms with Gasteiger partial charge in [-0.05, 0) is 61.0 Å². The van der Waals surface area contributed by atoms with Crippen molar-refractivity contribution in [2.45, 2.75) is 57.5 Å². The number of hydrogen-bond acceptors (Lipinski definition) is 2. The van der Waals surface area contributed by atoms with Crippen molar-refractivity contribution in [3.05, 3.63) is 82.6 Å². The molecule has 0 unspecified atom stereocenters. The first-order chi connectivity index (χ1) is 16.1. The zero-order valence-electron chi connectivity index (χ0n) is 19.1. The van der Waals surface area contributed by atoms with Crippen LogP contribution in [0, 0.1) is 0 Å². The zero-order chi connectivity index (χ0) is 23.0. The molecule has 4 rings (SSSR count). The second-order valence-corrected chi connectivity index (χ2v) is 9.47. The van der Waals surface area contributed by atoms with Crippen molar-refractivity contribution in [2.24, 2.45) is 0 Å². The predicted molar refractivity (Wildman–Crippen MR) is 141 cm³/mol. The molecule has 2 aromatic carbocycles. The average molecular weight is 482 g/mol. The molecule has 0 radical (unpaired) electrons. The standard InChI is InChI=1S/C27H32ClN3OS/c1-32-26-15-9-8-14-25(26)30-27(33)31(23-11-4-2-3-5-12-23)19-22-17-16-21(29-22)18-20-10-6-7-13-24(20)28/h6-10,13-17,23,29H,2-5,11-12,18-19H2,1H3,(H,30,33). The summed E-state index contributed by atoms with van der Waals surface area (Å²) in [7, 11) is 1.69. The van der Waals surface area contributed by atoms with E-state index >= 15 is 0 Å². The van der Waals surface area contributed by atoms with Crippen LogP contribution in [0.25, 0.3) is 0 Å². The number of aromatic amines is 1. The van der Waals surface area contributed by atoms with E-state index in [-0.39, 0.29) is 0 Å². The summed E-state index contributed by atoms with van der Waals surface area (Å²) in [6, 6.07) is 20.7. The summed E-state index contributed by atoms with van der Waals surface area (Å²) < 4.78 is 5.52. The van der Waals surface area contributed by atoms with Gasteiger partial charge in [0, 0.05) is 28.9 Å². The Morgan fingerprint density at radius 2 is 1.70 bits per heavy atom. The lowest BCUT2D eigenvalue weighted by Gasteiger charge is -2.33. The maximum atomic E-state index is 6.37. The lowest BCUT2D eigenvalue weighted by molar-refractivity contribution is 0.278. The number of nitrogens with one attached hydrogen (secondary N) is 2. The molecule has 174 valence electrons. The van der Waals surface area contributed by atoms with Gasteiger partial charge >= 0.3 is 0 Å². The van der Waals surface area contributed by atoms with Gasteiger partial charge in [0.15, 0.2) is 5.11 Å². The lowest BCUT2D eigenvalue weighted by atomic mass is 10.1. The highest BCUT2D eigenvalue weighted by Gasteiger charge is 2.24. The normalized spacial score (nSPS) is 14.5. The van der Waals surface area contributed by atoms with E-state index in [0.717, 1.165) is 51.5 Å². The molecule has 2 N–H and O–H groups in total. The summed E-state index contributed by atoms with van der Waals surface area (Å²) in [5.41, 5.74) is 4.34. The van der Waals surface area contributed by atoms with Crippen LogP contribution in [-0.4, -0.2) is 28.1 Å². The first-order valence-electron chi connectivity index (χ1n) is 11.7. The fourth-order valence-corrected chi connectivity index (χ4v) is 5.11. The van der Waals surface area contributed by atoms with Crippen molar-refractivity contribution >= 4 is 34.6 Å². The third kappa shape index (κ3) is 6.30. The van der Waals surface area contributed by atoms with Crippen molar-refractivity contribution in [3.8, 4) is 5.75 Å². The van der Waals surface area contributed by atoms with Gasteiger partial charge in [-0.3, -0.25) is 0 Å². The third-order valence-corrected chi connectivity index (χ3v) is 7.07. The Balaban J connectivity index is 1.52. The summed E-state index contributed by atoms with van der Waals surface area (Å²) in [6.07, 6.45) is 8.24. The summed E-state index contributed by atoms with van der Waals surface area (Å²) in [5, 5.41) is 5.00. The van der Waals surface area contributed by atoms with E-state index in [1.54, 1.807) is 7.11 Å². The molecule has 4 nitrogen and oxygen atoms in total. The quantitative estimate of drug-likeness (QED) is 0.276. The molecular weight excluding hydrogens is 450 g/mol. The minimum atomic E-state index is 0.428. The van der Waals surface area contributed by atoms with Crippen molar-refractivity contribution in [2.75, 3.05) is 12.4 Å². The Morgan fingerprint density at radius 3 is 2.45 bits per heavy atom. The lowest BCUT2D eigenvalue weighted by Crippen LogP contribution is -2.42. The number of thiocarbonyl (C=S) groups is 1. The van der Waals surface area contributed by atoms with Crippen molar-refractivity contribution < 1.29 is 4.74 Å². The van der Waals surface area contributed by atoms with Crippen LogP contribution >= 0.6 is 23.8 Å². The molecule has 0 saturated heterocycles. The Morgan fingerprint density at radius 1 is 1.00 bits per heavy atom. The van der Waals surface area contributed by atoms with Crippen LogP contribution in [0.4, 0.5) is 5.69 Å². The van der Waals surface area contributed by atoms with Gasteiger partial charge in [-0.2, -0.15) is 0 Å². The summed E-state index contributed by atoms with van der Waals surface area (Å²) in [6.45, 7) is 0.744. The van der Waals surface area contributed by atoms with Crippen LogP contribution in [0.5, 0.6) is 5.75 Å². The molecule has 6 heteroatoms. The van der Waals surface area contributed by atoms with Crippen molar-refractivity contribution in [3.63, 3.8) is 0 Å². The highest BCUT2D eigenvalue weighted by atomic mass is 35.5. The molecule has 1 saturated carbocycles. The van der Waals surface area contributed by atoms with Gasteiger partial charge in [0.1, 0.15) is 5.75 Å². The Kier molecular flexibility index (Phi) is 8.30. The van der Waals surface area contributed by atoms with Crippen LogP contribution in [-0.2, 0) is 13.0 Å². The van der Waals surface area contributed by atoms with Crippen LogP contribution in [0.3, 0.4) is 0 Å². The van der Waals surface area contributed by atoms with Gasteiger partial charge < -0.3 is 19.9 Å². The maximum absolute atomic E-state index is 6.37. The van der Waals surface area contributed by atoms with E-state index in [1.165, 1.54) is 38.5 Å². The highest BCUT2D eigenvalue weighted by Crippen LogP contribution is 2.27. The first kappa shape index (κ1) is 23.7. The third-order valence-electron chi connectivity index (χ3n) is 6.36. The number of hydrogen-bond donors (Lipinski definition) is 2. The number of H-pyrrole nitrogens is 1. The van der Waals surface area contributed by atoms with Gasteiger partial charge in [-0.1, -0.05) is 67.6 Å². The van der Waals surface area contributed by atoms with E-state index in [9.17, 15) is 0 Å². The molecule has 1 aliphatic carbocycles. The second-order valence-electron chi connectivity index (χ2n) is 8.68. The fraction of sp³-hybridized carbons (Fsp3) is 0.370. The van der Waals surface area contributed by atoms with Crippen LogP contribution in [0.15, 0.2) is 60.7 Å². The molecule has 1 aliphatic rings. The zero-order valence-corrected chi connectivity index (χ0v) is 20.7. The van der Waals surface area contributed by atoms with E-state index in [1.807, 2.05) is 42.5 Å². The largest absolute Gasteiger partial charge is 0.495 e.